The van der Waals surface area contributed by atoms with Crippen LogP contribution in [0.4, 0.5) is 5.69 Å². The highest BCUT2D eigenvalue weighted by Crippen LogP contribution is 2.41. The van der Waals surface area contributed by atoms with Gasteiger partial charge in [0.2, 0.25) is 5.91 Å². The Morgan fingerprint density at radius 2 is 1.83 bits per heavy atom. The van der Waals surface area contributed by atoms with Crippen LogP contribution in [0.2, 0.25) is 0 Å². The Hall–Kier alpha value is -2.01. The minimum atomic E-state index is 0.00522. The molecule has 2 aromatic carbocycles. The maximum absolute atomic E-state index is 12.3. The summed E-state index contributed by atoms with van der Waals surface area (Å²) in [5, 5.41) is 6.32. The first-order valence-electron chi connectivity index (χ1n) is 8.08. The molecule has 1 aliphatic carbocycles. The Morgan fingerprint density at radius 3 is 2.42 bits per heavy atom. The summed E-state index contributed by atoms with van der Waals surface area (Å²) >= 11 is 3.40. The second kappa shape index (κ2) is 7.71. The van der Waals surface area contributed by atoms with Gasteiger partial charge in [0, 0.05) is 10.2 Å². The molecule has 3 rings (SSSR count). The SMILES string of the molecule is COc1ccc(C(NC(=O)CNc2ccc(Br)cc2)C2CC2)cc1. The zero-order chi connectivity index (χ0) is 16.9. The van der Waals surface area contributed by atoms with Gasteiger partial charge >= 0.3 is 0 Å². The molecule has 0 bridgehead atoms. The van der Waals surface area contributed by atoms with Gasteiger partial charge in [0.15, 0.2) is 0 Å². The molecule has 24 heavy (non-hydrogen) atoms. The molecule has 1 aliphatic rings. The summed E-state index contributed by atoms with van der Waals surface area (Å²) in [7, 11) is 1.66. The highest BCUT2D eigenvalue weighted by Gasteiger charge is 2.33. The average molecular weight is 389 g/mol. The van der Waals surface area contributed by atoms with Crippen LogP contribution in [0.25, 0.3) is 0 Å². The van der Waals surface area contributed by atoms with Crippen LogP contribution < -0.4 is 15.4 Å². The van der Waals surface area contributed by atoms with Crippen molar-refractivity contribution in [1.82, 2.24) is 5.32 Å². The second-order valence-electron chi connectivity index (χ2n) is 6.02. The summed E-state index contributed by atoms with van der Waals surface area (Å²) in [6.07, 6.45) is 2.33. The normalized spacial score (nSPS) is 14.8. The van der Waals surface area contributed by atoms with Gasteiger partial charge in [0.1, 0.15) is 5.75 Å². The maximum atomic E-state index is 12.3. The smallest absolute Gasteiger partial charge is 0.239 e. The van der Waals surface area contributed by atoms with Crippen LogP contribution in [0.5, 0.6) is 5.75 Å². The molecule has 2 aromatic rings. The molecule has 1 saturated carbocycles. The van der Waals surface area contributed by atoms with E-state index in [4.69, 9.17) is 4.74 Å². The zero-order valence-electron chi connectivity index (χ0n) is 13.6. The monoisotopic (exact) mass is 388 g/mol. The molecule has 0 aliphatic heterocycles. The van der Waals surface area contributed by atoms with E-state index in [0.29, 0.717) is 5.92 Å². The van der Waals surface area contributed by atoms with E-state index in [1.54, 1.807) is 7.11 Å². The van der Waals surface area contributed by atoms with Crippen molar-refractivity contribution in [2.75, 3.05) is 19.0 Å². The first-order chi connectivity index (χ1) is 11.7. The highest BCUT2D eigenvalue weighted by atomic mass is 79.9. The van der Waals surface area contributed by atoms with Gasteiger partial charge < -0.3 is 15.4 Å². The number of halogens is 1. The minimum Gasteiger partial charge on any atom is -0.497 e. The van der Waals surface area contributed by atoms with E-state index in [1.165, 1.54) is 0 Å². The summed E-state index contributed by atoms with van der Waals surface area (Å²) < 4.78 is 6.22. The molecular formula is C19H21BrN2O2. The van der Waals surface area contributed by atoms with Gasteiger partial charge in [-0.15, -0.1) is 0 Å². The van der Waals surface area contributed by atoms with Crippen LogP contribution in [0.15, 0.2) is 53.0 Å². The van der Waals surface area contributed by atoms with E-state index in [0.717, 1.165) is 34.3 Å². The van der Waals surface area contributed by atoms with Gasteiger partial charge in [-0.25, -0.2) is 0 Å². The lowest BCUT2D eigenvalue weighted by molar-refractivity contribution is -0.120. The predicted octanol–water partition coefficient (Wildman–Crippen LogP) is 4.14. The number of anilines is 1. The standard InChI is InChI=1S/C19H21BrN2O2/c1-24-17-10-4-14(5-11-17)19(13-2-3-13)22-18(23)12-21-16-8-6-15(20)7-9-16/h4-11,13,19,21H,2-3,12H2,1H3,(H,22,23). The topological polar surface area (TPSA) is 50.4 Å². The highest BCUT2D eigenvalue weighted by molar-refractivity contribution is 9.10. The number of carbonyl (C=O) groups excluding carboxylic acids is 1. The van der Waals surface area contributed by atoms with Crippen molar-refractivity contribution in [2.45, 2.75) is 18.9 Å². The Labute approximate surface area is 150 Å². The number of benzene rings is 2. The number of ether oxygens (including phenoxy) is 1. The number of nitrogens with one attached hydrogen (secondary N) is 2. The fourth-order valence-electron chi connectivity index (χ4n) is 2.69. The molecule has 0 radical (unpaired) electrons. The van der Waals surface area contributed by atoms with E-state index in [-0.39, 0.29) is 18.5 Å². The van der Waals surface area contributed by atoms with Crippen molar-refractivity contribution in [3.05, 3.63) is 58.6 Å². The molecular weight excluding hydrogens is 368 g/mol. The molecule has 4 nitrogen and oxygen atoms in total. The van der Waals surface area contributed by atoms with E-state index in [2.05, 4.69) is 26.6 Å². The van der Waals surface area contributed by atoms with Crippen LogP contribution in [-0.2, 0) is 4.79 Å². The summed E-state index contributed by atoms with van der Waals surface area (Å²) in [5.74, 6) is 1.37. The number of rotatable bonds is 7. The summed E-state index contributed by atoms with van der Waals surface area (Å²) in [5.41, 5.74) is 2.07. The Bertz CT molecular complexity index is 682. The third kappa shape index (κ3) is 4.51. The molecule has 0 heterocycles. The molecule has 1 amide bonds. The predicted molar refractivity (Wildman–Crippen MR) is 99.2 cm³/mol. The Kier molecular flexibility index (Phi) is 5.41. The van der Waals surface area contributed by atoms with Gasteiger partial charge in [-0.3, -0.25) is 4.79 Å². The fourth-order valence-corrected chi connectivity index (χ4v) is 2.95. The lowest BCUT2D eigenvalue weighted by atomic mass is 10.0. The van der Waals surface area contributed by atoms with Crippen molar-refractivity contribution in [3.8, 4) is 5.75 Å². The van der Waals surface area contributed by atoms with Crippen LogP contribution in [0, 0.1) is 5.92 Å². The first kappa shape index (κ1) is 16.8. The minimum absolute atomic E-state index is 0.00522. The number of hydrogen-bond acceptors (Lipinski definition) is 3. The van der Waals surface area contributed by atoms with Crippen LogP contribution >= 0.6 is 15.9 Å². The lowest BCUT2D eigenvalue weighted by Crippen LogP contribution is -2.34. The average Bonchev–Trinajstić information content (AvgIpc) is 3.44. The third-order valence-corrected chi connectivity index (χ3v) is 4.71. The molecule has 1 unspecified atom stereocenters. The fraction of sp³-hybridized carbons (Fsp3) is 0.316. The van der Waals surface area contributed by atoms with Gasteiger partial charge in [0.25, 0.3) is 0 Å². The van der Waals surface area contributed by atoms with Crippen molar-refractivity contribution >= 4 is 27.5 Å². The second-order valence-corrected chi connectivity index (χ2v) is 6.93. The molecule has 1 atom stereocenters. The lowest BCUT2D eigenvalue weighted by Gasteiger charge is -2.19. The summed E-state index contributed by atoms with van der Waals surface area (Å²) in [6.45, 7) is 0.265. The zero-order valence-corrected chi connectivity index (χ0v) is 15.2. The van der Waals surface area contributed by atoms with E-state index >= 15 is 0 Å². The van der Waals surface area contributed by atoms with Gasteiger partial charge in [0.05, 0.1) is 19.7 Å². The molecule has 0 saturated heterocycles. The molecule has 5 heteroatoms. The van der Waals surface area contributed by atoms with Gasteiger partial charge in [-0.1, -0.05) is 28.1 Å². The summed E-state index contributed by atoms with van der Waals surface area (Å²) in [4.78, 5) is 12.3. The number of amides is 1. The third-order valence-electron chi connectivity index (χ3n) is 4.18. The first-order valence-corrected chi connectivity index (χ1v) is 8.88. The van der Waals surface area contributed by atoms with Crippen LogP contribution in [-0.4, -0.2) is 19.6 Å². The Balaban J connectivity index is 1.58. The van der Waals surface area contributed by atoms with Crippen molar-refractivity contribution in [2.24, 2.45) is 5.92 Å². The van der Waals surface area contributed by atoms with Gasteiger partial charge in [-0.2, -0.15) is 0 Å². The number of methoxy groups -OCH3 is 1. The van der Waals surface area contributed by atoms with Crippen molar-refractivity contribution in [3.63, 3.8) is 0 Å². The van der Waals surface area contributed by atoms with Gasteiger partial charge in [-0.05, 0) is 60.7 Å². The summed E-state index contributed by atoms with van der Waals surface area (Å²) in [6, 6.07) is 15.8. The van der Waals surface area contributed by atoms with E-state index in [1.807, 2.05) is 48.5 Å². The molecule has 126 valence electrons. The van der Waals surface area contributed by atoms with E-state index in [9.17, 15) is 4.79 Å². The number of hydrogen-bond donors (Lipinski definition) is 2. The van der Waals surface area contributed by atoms with Crippen LogP contribution in [0.3, 0.4) is 0 Å². The van der Waals surface area contributed by atoms with Crippen molar-refractivity contribution < 1.29 is 9.53 Å². The van der Waals surface area contributed by atoms with Crippen LogP contribution in [0.1, 0.15) is 24.4 Å². The molecule has 1 fully saturated rings. The maximum Gasteiger partial charge on any atom is 0.239 e. The Morgan fingerprint density at radius 1 is 1.17 bits per heavy atom. The van der Waals surface area contributed by atoms with E-state index < -0.39 is 0 Å². The molecule has 0 aromatic heterocycles. The molecule has 0 spiro atoms. The quantitative estimate of drug-likeness (QED) is 0.749. The van der Waals surface area contributed by atoms with Crippen molar-refractivity contribution in [1.29, 1.82) is 0 Å². The molecule has 2 N–H and O–H groups in total. The number of carbonyl (C=O) groups is 1. The largest absolute Gasteiger partial charge is 0.497 e.